The number of rotatable bonds is 1. The number of aromatic hydroxyl groups is 1. The van der Waals surface area contributed by atoms with Gasteiger partial charge in [-0.1, -0.05) is 52.9 Å². The van der Waals surface area contributed by atoms with Crippen LogP contribution in [0.25, 0.3) is 10.6 Å². The number of nitrogens with zero attached hydrogens (tertiary/aromatic N) is 1. The molecule has 0 saturated heterocycles. The normalized spacial score (nSPS) is 14.8. The van der Waals surface area contributed by atoms with Crippen molar-refractivity contribution in [2.45, 2.75) is 71.6 Å². The second kappa shape index (κ2) is 7.40. The average molecular weight is 395 g/mol. The van der Waals surface area contributed by atoms with Crippen LogP contribution in [0.15, 0.2) is 12.1 Å². The van der Waals surface area contributed by atoms with E-state index in [0.29, 0.717) is 5.75 Å². The van der Waals surface area contributed by atoms with Gasteiger partial charge in [-0.15, -0.1) is 12.4 Å². The van der Waals surface area contributed by atoms with Gasteiger partial charge in [-0.3, -0.25) is 0 Å². The van der Waals surface area contributed by atoms with Gasteiger partial charge in [-0.05, 0) is 42.2 Å². The third-order valence-corrected chi connectivity index (χ3v) is 5.90. The molecule has 0 spiro atoms. The lowest BCUT2D eigenvalue weighted by molar-refractivity contribution is 0.423. The van der Waals surface area contributed by atoms with Crippen LogP contribution < -0.4 is 5.32 Å². The molecule has 1 aliphatic heterocycles. The van der Waals surface area contributed by atoms with Crippen LogP contribution in [0.2, 0.25) is 0 Å². The van der Waals surface area contributed by atoms with Crippen LogP contribution in [0.5, 0.6) is 5.75 Å². The van der Waals surface area contributed by atoms with Gasteiger partial charge < -0.3 is 10.4 Å². The lowest BCUT2D eigenvalue weighted by atomic mass is 9.78. The summed E-state index contributed by atoms with van der Waals surface area (Å²) in [5, 5.41) is 16.7. The number of halogens is 1. The van der Waals surface area contributed by atoms with E-state index in [1.165, 1.54) is 23.5 Å². The minimum Gasteiger partial charge on any atom is -0.507 e. The SMILES string of the molecule is CC(C)(C)c1cc(-c2nc3c(s2)NCCCC3)cc(C(C)(C)C)c1O.Cl. The fourth-order valence-corrected chi connectivity index (χ4v) is 4.33. The minimum atomic E-state index is -0.118. The highest BCUT2D eigenvalue weighted by atomic mass is 35.5. The molecule has 2 aromatic rings. The van der Waals surface area contributed by atoms with Crippen molar-refractivity contribution in [2.24, 2.45) is 0 Å². The highest BCUT2D eigenvalue weighted by molar-refractivity contribution is 7.19. The molecule has 0 bridgehead atoms. The van der Waals surface area contributed by atoms with Crippen LogP contribution in [-0.2, 0) is 17.3 Å². The lowest BCUT2D eigenvalue weighted by Crippen LogP contribution is -2.17. The minimum absolute atomic E-state index is 0. The Bertz CT molecular complexity index is 726. The Morgan fingerprint density at radius 3 is 2.12 bits per heavy atom. The molecule has 0 aliphatic carbocycles. The molecule has 1 aliphatic rings. The first kappa shape index (κ1) is 21.0. The van der Waals surface area contributed by atoms with Gasteiger partial charge in [0.1, 0.15) is 15.8 Å². The van der Waals surface area contributed by atoms with Crippen LogP contribution >= 0.6 is 23.7 Å². The van der Waals surface area contributed by atoms with Crippen LogP contribution in [0.1, 0.15) is 71.2 Å². The average Bonchev–Trinajstić information content (AvgIpc) is 2.76. The highest BCUT2D eigenvalue weighted by Gasteiger charge is 2.27. The molecule has 2 N–H and O–H groups in total. The predicted octanol–water partition coefficient (Wildman–Crippen LogP) is 6.28. The summed E-state index contributed by atoms with van der Waals surface area (Å²) >= 11 is 1.74. The zero-order valence-corrected chi connectivity index (χ0v) is 18.3. The molecule has 0 unspecified atom stereocenters. The third-order valence-electron chi connectivity index (χ3n) is 4.80. The van der Waals surface area contributed by atoms with Crippen LogP contribution in [0.3, 0.4) is 0 Å². The molecule has 144 valence electrons. The molecule has 1 aromatic carbocycles. The topological polar surface area (TPSA) is 45.2 Å². The van der Waals surface area contributed by atoms with Crippen LogP contribution in [-0.4, -0.2) is 16.6 Å². The molecule has 0 atom stereocenters. The van der Waals surface area contributed by atoms with Gasteiger partial charge >= 0.3 is 0 Å². The molecule has 26 heavy (non-hydrogen) atoms. The summed E-state index contributed by atoms with van der Waals surface area (Å²) < 4.78 is 0. The Morgan fingerprint density at radius 2 is 1.58 bits per heavy atom. The van der Waals surface area contributed by atoms with Gasteiger partial charge in [0.25, 0.3) is 0 Å². The van der Waals surface area contributed by atoms with E-state index >= 15 is 0 Å². The second-order valence-electron chi connectivity index (χ2n) is 9.10. The van der Waals surface area contributed by atoms with Gasteiger partial charge in [-0.2, -0.15) is 0 Å². The fourth-order valence-electron chi connectivity index (χ4n) is 3.30. The number of fused-ring (bicyclic) bond motifs is 1. The van der Waals surface area contributed by atoms with E-state index in [0.717, 1.165) is 34.7 Å². The molecular formula is C21H31ClN2OS. The molecule has 0 amide bonds. The maximum Gasteiger partial charge on any atom is 0.125 e. The molecule has 0 radical (unpaired) electrons. The van der Waals surface area contributed by atoms with Crippen molar-refractivity contribution < 1.29 is 5.11 Å². The van der Waals surface area contributed by atoms with Crippen LogP contribution in [0, 0.1) is 0 Å². The van der Waals surface area contributed by atoms with E-state index < -0.39 is 0 Å². The number of phenols is 1. The molecule has 1 aromatic heterocycles. The Hall–Kier alpha value is -1.26. The number of phenolic OH excluding ortho intramolecular Hbond substituents is 1. The summed E-state index contributed by atoms with van der Waals surface area (Å²) in [6.45, 7) is 13.9. The summed E-state index contributed by atoms with van der Waals surface area (Å²) in [7, 11) is 0. The van der Waals surface area contributed by atoms with Gasteiger partial charge in [0, 0.05) is 23.2 Å². The van der Waals surface area contributed by atoms with Gasteiger partial charge in [-0.25, -0.2) is 4.98 Å². The Kier molecular flexibility index (Phi) is 5.99. The standard InChI is InChI=1S/C21H30N2OS.ClH/c1-20(2,3)14-11-13(12-15(17(14)24)21(4,5)6)18-23-16-9-7-8-10-22-19(16)25-18;/h11-12,22,24H,7-10H2,1-6H3;1H. The summed E-state index contributed by atoms with van der Waals surface area (Å²) in [4.78, 5) is 4.93. The number of aryl methyl sites for hydroxylation is 1. The van der Waals surface area contributed by atoms with E-state index in [9.17, 15) is 5.11 Å². The smallest absolute Gasteiger partial charge is 0.125 e. The molecule has 5 heteroatoms. The second-order valence-corrected chi connectivity index (χ2v) is 10.1. The molecule has 2 heterocycles. The zero-order valence-electron chi connectivity index (χ0n) is 16.7. The van der Waals surface area contributed by atoms with Crippen molar-refractivity contribution in [2.75, 3.05) is 11.9 Å². The third kappa shape index (κ3) is 4.17. The first-order valence-electron chi connectivity index (χ1n) is 9.19. The summed E-state index contributed by atoms with van der Waals surface area (Å²) in [5.41, 5.74) is 4.06. The van der Waals surface area contributed by atoms with Gasteiger partial charge in [0.2, 0.25) is 0 Å². The molecular weight excluding hydrogens is 364 g/mol. The Balaban J connectivity index is 0.00000243. The van der Waals surface area contributed by atoms with Crippen molar-refractivity contribution in [3.8, 4) is 16.3 Å². The number of hydrogen-bond donors (Lipinski definition) is 2. The monoisotopic (exact) mass is 394 g/mol. The van der Waals surface area contributed by atoms with Gasteiger partial charge in [0.05, 0.1) is 5.69 Å². The lowest BCUT2D eigenvalue weighted by Gasteiger charge is -2.28. The van der Waals surface area contributed by atoms with E-state index in [-0.39, 0.29) is 23.2 Å². The Morgan fingerprint density at radius 1 is 1.00 bits per heavy atom. The molecule has 0 saturated carbocycles. The first-order valence-corrected chi connectivity index (χ1v) is 10.0. The van der Waals surface area contributed by atoms with E-state index in [1.54, 1.807) is 11.3 Å². The van der Waals surface area contributed by atoms with Crippen LogP contribution in [0.4, 0.5) is 5.00 Å². The Labute approximate surface area is 167 Å². The summed E-state index contributed by atoms with van der Waals surface area (Å²) in [6.07, 6.45) is 3.45. The van der Waals surface area contributed by atoms with Crippen molar-refractivity contribution >= 4 is 28.7 Å². The van der Waals surface area contributed by atoms with Gasteiger partial charge in [0.15, 0.2) is 0 Å². The van der Waals surface area contributed by atoms with Crippen molar-refractivity contribution in [3.63, 3.8) is 0 Å². The number of hydrogen-bond acceptors (Lipinski definition) is 4. The fraction of sp³-hybridized carbons (Fsp3) is 0.571. The van der Waals surface area contributed by atoms with E-state index in [2.05, 4.69) is 59.0 Å². The van der Waals surface area contributed by atoms with Crippen molar-refractivity contribution in [1.82, 2.24) is 4.98 Å². The highest BCUT2D eigenvalue weighted by Crippen LogP contribution is 2.43. The van der Waals surface area contributed by atoms with Crippen molar-refractivity contribution in [1.29, 1.82) is 0 Å². The zero-order chi connectivity index (χ0) is 18.4. The quantitative estimate of drug-likeness (QED) is 0.598. The molecule has 3 rings (SSSR count). The number of thiazole rings is 1. The summed E-state index contributed by atoms with van der Waals surface area (Å²) in [5.74, 6) is 0.431. The van der Waals surface area contributed by atoms with E-state index in [1.807, 2.05) is 0 Å². The molecule has 3 nitrogen and oxygen atoms in total. The van der Waals surface area contributed by atoms with E-state index in [4.69, 9.17) is 4.98 Å². The maximum atomic E-state index is 10.9. The number of aromatic nitrogens is 1. The summed E-state index contributed by atoms with van der Waals surface area (Å²) in [6, 6.07) is 4.26. The largest absolute Gasteiger partial charge is 0.507 e. The number of anilines is 1. The predicted molar refractivity (Wildman–Crippen MR) is 115 cm³/mol. The number of nitrogens with one attached hydrogen (secondary N) is 1. The first-order chi connectivity index (χ1) is 11.6. The van der Waals surface area contributed by atoms with Crippen molar-refractivity contribution in [3.05, 3.63) is 29.0 Å². The number of benzene rings is 1. The maximum absolute atomic E-state index is 10.9. The molecule has 0 fully saturated rings.